The van der Waals surface area contributed by atoms with E-state index in [4.69, 9.17) is 9.47 Å². The summed E-state index contributed by atoms with van der Waals surface area (Å²) in [7, 11) is 1.62. The summed E-state index contributed by atoms with van der Waals surface area (Å²) in [6.45, 7) is 4.97. The molecule has 112 valence electrons. The Morgan fingerprint density at radius 2 is 1.95 bits per heavy atom. The topological polar surface area (TPSA) is 50.7 Å². The average molecular weight is 287 g/mol. The molecule has 0 fully saturated rings. The molecule has 21 heavy (non-hydrogen) atoms. The highest BCUT2D eigenvalue weighted by Crippen LogP contribution is 2.31. The standard InChI is InChI=1S/C17H21NO3/c1-4-21-15-9-8-14(10-16(15)20-3)18-11-13-7-5-6-12(2)17(13)19/h5-10,18-19H,4,11H2,1-3H3. The van der Waals surface area contributed by atoms with E-state index in [9.17, 15) is 5.11 Å². The molecule has 0 aliphatic carbocycles. The van der Waals surface area contributed by atoms with Crippen molar-refractivity contribution in [2.24, 2.45) is 0 Å². The molecule has 0 heterocycles. The van der Waals surface area contributed by atoms with Crippen LogP contribution in [-0.2, 0) is 6.54 Å². The highest BCUT2D eigenvalue weighted by Gasteiger charge is 2.07. The van der Waals surface area contributed by atoms with Crippen LogP contribution in [0, 0.1) is 6.92 Å². The third kappa shape index (κ3) is 3.60. The maximum absolute atomic E-state index is 10.0. The number of para-hydroxylation sites is 1. The first kappa shape index (κ1) is 15.0. The van der Waals surface area contributed by atoms with Gasteiger partial charge < -0.3 is 19.9 Å². The van der Waals surface area contributed by atoms with Crippen LogP contribution in [0.3, 0.4) is 0 Å². The highest BCUT2D eigenvalue weighted by molar-refractivity contribution is 5.55. The number of phenols is 1. The maximum Gasteiger partial charge on any atom is 0.162 e. The second kappa shape index (κ2) is 6.88. The van der Waals surface area contributed by atoms with E-state index >= 15 is 0 Å². The van der Waals surface area contributed by atoms with Crippen molar-refractivity contribution in [1.82, 2.24) is 0 Å². The van der Waals surface area contributed by atoms with Crippen LogP contribution < -0.4 is 14.8 Å². The summed E-state index contributed by atoms with van der Waals surface area (Å²) in [5, 5.41) is 13.3. The molecule has 4 nitrogen and oxygen atoms in total. The number of aromatic hydroxyl groups is 1. The molecular formula is C17H21NO3. The van der Waals surface area contributed by atoms with Gasteiger partial charge in [-0.2, -0.15) is 0 Å². The number of benzene rings is 2. The van der Waals surface area contributed by atoms with Crippen molar-refractivity contribution in [3.05, 3.63) is 47.5 Å². The van der Waals surface area contributed by atoms with Gasteiger partial charge in [-0.05, 0) is 31.5 Å². The summed E-state index contributed by atoms with van der Waals surface area (Å²) in [6.07, 6.45) is 0. The number of rotatable bonds is 6. The first-order chi connectivity index (χ1) is 10.2. The van der Waals surface area contributed by atoms with E-state index in [2.05, 4.69) is 5.32 Å². The summed E-state index contributed by atoms with van der Waals surface area (Å²) in [5.74, 6) is 1.75. The Balaban J connectivity index is 2.11. The van der Waals surface area contributed by atoms with Gasteiger partial charge in [0.2, 0.25) is 0 Å². The third-order valence-electron chi connectivity index (χ3n) is 3.27. The van der Waals surface area contributed by atoms with Crippen LogP contribution in [0.4, 0.5) is 5.69 Å². The SMILES string of the molecule is CCOc1ccc(NCc2cccc(C)c2O)cc1OC. The molecule has 0 radical (unpaired) electrons. The van der Waals surface area contributed by atoms with Crippen LogP contribution in [0.25, 0.3) is 0 Å². The van der Waals surface area contributed by atoms with E-state index in [1.54, 1.807) is 7.11 Å². The van der Waals surface area contributed by atoms with Crippen molar-refractivity contribution in [1.29, 1.82) is 0 Å². The van der Waals surface area contributed by atoms with E-state index < -0.39 is 0 Å². The van der Waals surface area contributed by atoms with E-state index in [1.165, 1.54) is 0 Å². The molecule has 0 spiro atoms. The first-order valence-corrected chi connectivity index (χ1v) is 6.98. The molecule has 2 aromatic carbocycles. The van der Waals surface area contributed by atoms with Crippen LogP contribution in [0.5, 0.6) is 17.2 Å². The predicted molar refractivity (Wildman–Crippen MR) is 84.3 cm³/mol. The van der Waals surface area contributed by atoms with Crippen LogP contribution in [0.15, 0.2) is 36.4 Å². The number of nitrogens with one attached hydrogen (secondary N) is 1. The summed E-state index contributed by atoms with van der Waals surface area (Å²) in [5.41, 5.74) is 2.65. The molecule has 0 aliphatic heterocycles. The zero-order valence-electron chi connectivity index (χ0n) is 12.6. The molecule has 4 heteroatoms. The van der Waals surface area contributed by atoms with Crippen molar-refractivity contribution in [2.45, 2.75) is 20.4 Å². The average Bonchev–Trinajstić information content (AvgIpc) is 2.50. The molecule has 0 amide bonds. The van der Waals surface area contributed by atoms with Crippen LogP contribution in [0.1, 0.15) is 18.1 Å². The van der Waals surface area contributed by atoms with Crippen LogP contribution in [0.2, 0.25) is 0 Å². The summed E-state index contributed by atoms with van der Waals surface area (Å²) in [6, 6.07) is 11.4. The zero-order valence-corrected chi connectivity index (χ0v) is 12.6. The summed E-state index contributed by atoms with van der Waals surface area (Å²) < 4.78 is 10.8. The molecule has 0 bridgehead atoms. The van der Waals surface area contributed by atoms with Gasteiger partial charge >= 0.3 is 0 Å². The second-order valence-electron chi connectivity index (χ2n) is 4.73. The van der Waals surface area contributed by atoms with Gasteiger partial charge in [-0.3, -0.25) is 0 Å². The minimum Gasteiger partial charge on any atom is -0.507 e. The van der Waals surface area contributed by atoms with Crippen molar-refractivity contribution in [3.8, 4) is 17.2 Å². The van der Waals surface area contributed by atoms with Gasteiger partial charge in [0.15, 0.2) is 11.5 Å². The smallest absolute Gasteiger partial charge is 0.162 e. The fourth-order valence-electron chi connectivity index (χ4n) is 2.11. The molecule has 0 saturated carbocycles. The Hall–Kier alpha value is -2.36. The first-order valence-electron chi connectivity index (χ1n) is 6.98. The van der Waals surface area contributed by atoms with Crippen molar-refractivity contribution in [2.75, 3.05) is 19.0 Å². The number of hydrogen-bond donors (Lipinski definition) is 2. The molecule has 0 saturated heterocycles. The number of phenolic OH excluding ortho intramolecular Hbond substituents is 1. The fourth-order valence-corrected chi connectivity index (χ4v) is 2.11. The molecule has 0 aliphatic rings. The van der Waals surface area contributed by atoms with Gasteiger partial charge in [0, 0.05) is 23.9 Å². The minimum atomic E-state index is 0.336. The van der Waals surface area contributed by atoms with Crippen molar-refractivity contribution in [3.63, 3.8) is 0 Å². The monoisotopic (exact) mass is 287 g/mol. The largest absolute Gasteiger partial charge is 0.507 e. The Labute approximate surface area is 125 Å². The normalized spacial score (nSPS) is 10.2. The quantitative estimate of drug-likeness (QED) is 0.850. The maximum atomic E-state index is 10.0. The Morgan fingerprint density at radius 3 is 2.67 bits per heavy atom. The van der Waals surface area contributed by atoms with Crippen molar-refractivity contribution >= 4 is 5.69 Å². The third-order valence-corrected chi connectivity index (χ3v) is 3.27. The van der Waals surface area contributed by atoms with Gasteiger partial charge in [0.1, 0.15) is 5.75 Å². The lowest BCUT2D eigenvalue weighted by molar-refractivity contribution is 0.311. The molecule has 0 unspecified atom stereocenters. The Morgan fingerprint density at radius 1 is 1.14 bits per heavy atom. The number of aryl methyl sites for hydroxylation is 1. The molecular weight excluding hydrogens is 266 g/mol. The molecule has 0 aromatic heterocycles. The van der Waals surface area contributed by atoms with Gasteiger partial charge in [0.05, 0.1) is 13.7 Å². The summed E-state index contributed by atoms with van der Waals surface area (Å²) >= 11 is 0. The number of anilines is 1. The number of methoxy groups -OCH3 is 1. The molecule has 2 rings (SSSR count). The fraction of sp³-hybridized carbons (Fsp3) is 0.294. The number of hydrogen-bond acceptors (Lipinski definition) is 4. The van der Waals surface area contributed by atoms with Gasteiger partial charge in [-0.25, -0.2) is 0 Å². The summed E-state index contributed by atoms with van der Waals surface area (Å²) in [4.78, 5) is 0. The van der Waals surface area contributed by atoms with Crippen molar-refractivity contribution < 1.29 is 14.6 Å². The Bertz CT molecular complexity index is 611. The second-order valence-corrected chi connectivity index (χ2v) is 4.73. The van der Waals surface area contributed by atoms with Crippen LogP contribution in [-0.4, -0.2) is 18.8 Å². The molecule has 2 aromatic rings. The minimum absolute atomic E-state index is 0.336. The van der Waals surface area contributed by atoms with E-state index in [0.29, 0.717) is 24.7 Å². The van der Waals surface area contributed by atoms with E-state index in [1.807, 2.05) is 50.2 Å². The predicted octanol–water partition coefficient (Wildman–Crippen LogP) is 3.72. The Kier molecular flexibility index (Phi) is 4.93. The van der Waals surface area contributed by atoms with E-state index in [0.717, 1.165) is 22.6 Å². The number of ether oxygens (including phenoxy) is 2. The lowest BCUT2D eigenvalue weighted by Crippen LogP contribution is -2.01. The lowest BCUT2D eigenvalue weighted by atomic mass is 10.1. The zero-order chi connectivity index (χ0) is 15.2. The van der Waals surface area contributed by atoms with Gasteiger partial charge in [-0.15, -0.1) is 0 Å². The lowest BCUT2D eigenvalue weighted by Gasteiger charge is -2.13. The molecule has 2 N–H and O–H groups in total. The van der Waals surface area contributed by atoms with Gasteiger partial charge in [-0.1, -0.05) is 18.2 Å². The molecule has 0 atom stereocenters. The van der Waals surface area contributed by atoms with Crippen LogP contribution >= 0.6 is 0 Å². The highest BCUT2D eigenvalue weighted by atomic mass is 16.5. The van der Waals surface area contributed by atoms with Gasteiger partial charge in [0.25, 0.3) is 0 Å². The van der Waals surface area contributed by atoms with E-state index in [-0.39, 0.29) is 0 Å².